The Morgan fingerprint density at radius 3 is 2.88 bits per heavy atom. The third-order valence-electron chi connectivity index (χ3n) is 1.55. The lowest BCUT2D eigenvalue weighted by Gasteiger charge is -2.06. The van der Waals surface area contributed by atoms with Crippen LogP contribution in [0.4, 0.5) is 10.6 Å². The van der Waals surface area contributed by atoms with Crippen molar-refractivity contribution in [1.29, 1.82) is 0 Å². The number of hydrogen-bond donors (Lipinski definition) is 2. The van der Waals surface area contributed by atoms with Gasteiger partial charge >= 0.3 is 12.1 Å². The van der Waals surface area contributed by atoms with Gasteiger partial charge in [0.1, 0.15) is 12.2 Å². The van der Waals surface area contributed by atoms with Gasteiger partial charge in [-0.25, -0.2) is 9.59 Å². The van der Waals surface area contributed by atoms with Crippen LogP contribution in [-0.2, 0) is 4.74 Å². The topological polar surface area (TPSA) is 101 Å². The summed E-state index contributed by atoms with van der Waals surface area (Å²) < 4.78 is 4.60. The van der Waals surface area contributed by atoms with Gasteiger partial charge < -0.3 is 9.84 Å². The summed E-state index contributed by atoms with van der Waals surface area (Å²) in [5, 5.41) is 17.8. The van der Waals surface area contributed by atoms with Crippen molar-refractivity contribution < 1.29 is 19.4 Å². The summed E-state index contributed by atoms with van der Waals surface area (Å²) in [6, 6.07) is 1.07. The smallest absolute Gasteiger partial charge is 0.413 e. The Morgan fingerprint density at radius 2 is 2.29 bits per heavy atom. The largest absolute Gasteiger partial charge is 0.478 e. The summed E-state index contributed by atoms with van der Waals surface area (Å²) in [7, 11) is 0. The number of ether oxygens (including phenoxy) is 1. The zero-order chi connectivity index (χ0) is 12.8. The molecule has 0 bridgehead atoms. The molecular weight excluding hydrogens is 250 g/mol. The molecule has 0 saturated heterocycles. The molecule has 0 spiro atoms. The minimum atomic E-state index is -1.29. The number of nitrogens with one attached hydrogen (secondary N) is 1. The molecule has 1 aromatic heterocycles. The van der Waals surface area contributed by atoms with Gasteiger partial charge in [0, 0.05) is 0 Å². The second-order valence-corrected chi connectivity index (χ2v) is 3.13. The fraction of sp³-hybridized carbons (Fsp3) is 0.111. The summed E-state index contributed by atoms with van der Waals surface area (Å²) in [5.41, 5.74) is -0.277. The Hall–Kier alpha value is -2.15. The van der Waals surface area contributed by atoms with Crippen LogP contribution in [0.3, 0.4) is 0 Å². The molecule has 7 nitrogen and oxygen atoms in total. The lowest BCUT2D eigenvalue weighted by Crippen LogP contribution is -2.17. The van der Waals surface area contributed by atoms with E-state index < -0.39 is 12.1 Å². The van der Waals surface area contributed by atoms with Crippen molar-refractivity contribution in [1.82, 2.24) is 10.2 Å². The first-order chi connectivity index (χ1) is 8.04. The standard InChI is InChI=1S/C9H8ClN3O4/c1-2-3-17-9(16)11-7-5(8(14)15)4-6(10)12-13-7/h2,4H,1,3H2,(H,14,15)(H,11,13,16). The highest BCUT2D eigenvalue weighted by Gasteiger charge is 2.16. The molecule has 17 heavy (non-hydrogen) atoms. The summed E-state index contributed by atoms with van der Waals surface area (Å²) in [5.74, 6) is -1.53. The molecule has 0 fully saturated rings. The highest BCUT2D eigenvalue weighted by atomic mass is 35.5. The van der Waals surface area contributed by atoms with Gasteiger partial charge in [-0.15, -0.1) is 10.2 Å². The van der Waals surface area contributed by atoms with Gasteiger partial charge in [0.25, 0.3) is 0 Å². The van der Waals surface area contributed by atoms with Crippen LogP contribution >= 0.6 is 11.6 Å². The normalized spacial score (nSPS) is 9.47. The van der Waals surface area contributed by atoms with Gasteiger partial charge in [-0.3, -0.25) is 5.32 Å². The average Bonchev–Trinajstić information content (AvgIpc) is 2.28. The predicted molar refractivity (Wildman–Crippen MR) is 59.2 cm³/mol. The summed E-state index contributed by atoms with van der Waals surface area (Å²) in [6.45, 7) is 3.35. The molecule has 0 atom stereocenters. The molecule has 0 saturated carbocycles. The van der Waals surface area contributed by atoms with Crippen molar-refractivity contribution in [2.24, 2.45) is 0 Å². The van der Waals surface area contributed by atoms with Crippen LogP contribution in [0, 0.1) is 0 Å². The molecule has 2 N–H and O–H groups in total. The van der Waals surface area contributed by atoms with Crippen molar-refractivity contribution in [2.45, 2.75) is 0 Å². The van der Waals surface area contributed by atoms with E-state index in [0.29, 0.717) is 0 Å². The van der Waals surface area contributed by atoms with Crippen LogP contribution in [0.5, 0.6) is 0 Å². The minimum Gasteiger partial charge on any atom is -0.478 e. The Balaban J connectivity index is 2.86. The van der Waals surface area contributed by atoms with Crippen molar-refractivity contribution in [3.63, 3.8) is 0 Å². The molecule has 8 heteroatoms. The van der Waals surface area contributed by atoms with E-state index >= 15 is 0 Å². The Kier molecular flexibility index (Phi) is 4.41. The monoisotopic (exact) mass is 257 g/mol. The van der Waals surface area contributed by atoms with E-state index in [2.05, 4.69) is 26.8 Å². The van der Waals surface area contributed by atoms with Gasteiger partial charge in [0.15, 0.2) is 11.0 Å². The molecule has 0 aliphatic carbocycles. The Morgan fingerprint density at radius 1 is 1.59 bits per heavy atom. The van der Waals surface area contributed by atoms with Crippen molar-refractivity contribution in [3.05, 3.63) is 29.4 Å². The SMILES string of the molecule is C=CCOC(=O)Nc1nnc(Cl)cc1C(=O)O. The molecule has 1 heterocycles. The van der Waals surface area contributed by atoms with E-state index in [0.717, 1.165) is 6.07 Å². The molecule has 0 aliphatic rings. The van der Waals surface area contributed by atoms with E-state index in [1.807, 2.05) is 0 Å². The fourth-order valence-corrected chi connectivity index (χ4v) is 1.04. The van der Waals surface area contributed by atoms with E-state index in [9.17, 15) is 9.59 Å². The third kappa shape index (κ3) is 3.72. The number of amides is 1. The van der Waals surface area contributed by atoms with E-state index in [-0.39, 0.29) is 23.1 Å². The van der Waals surface area contributed by atoms with Gasteiger partial charge in [0.05, 0.1) is 0 Å². The molecule has 90 valence electrons. The number of hydrogen-bond acceptors (Lipinski definition) is 5. The Bertz CT molecular complexity index is 464. The summed E-state index contributed by atoms with van der Waals surface area (Å²) in [6.07, 6.45) is 0.509. The molecular formula is C9H8ClN3O4. The first kappa shape index (κ1) is 12.9. The maximum Gasteiger partial charge on any atom is 0.413 e. The van der Waals surface area contributed by atoms with Crippen LogP contribution in [0.25, 0.3) is 0 Å². The number of carboxylic acids is 1. The van der Waals surface area contributed by atoms with Gasteiger partial charge in [0.2, 0.25) is 0 Å². The van der Waals surface area contributed by atoms with Gasteiger partial charge in [-0.1, -0.05) is 24.3 Å². The molecule has 0 unspecified atom stereocenters. The van der Waals surface area contributed by atoms with E-state index in [1.165, 1.54) is 6.08 Å². The maximum atomic E-state index is 11.2. The number of halogens is 1. The lowest BCUT2D eigenvalue weighted by molar-refractivity contribution is 0.0697. The quantitative estimate of drug-likeness (QED) is 0.794. The van der Waals surface area contributed by atoms with Gasteiger partial charge in [-0.05, 0) is 6.07 Å². The minimum absolute atomic E-state index is 0.00471. The zero-order valence-corrected chi connectivity index (χ0v) is 9.27. The number of anilines is 1. The lowest BCUT2D eigenvalue weighted by atomic mass is 10.3. The first-order valence-corrected chi connectivity index (χ1v) is 4.73. The number of carbonyl (C=O) groups is 2. The van der Waals surface area contributed by atoms with E-state index in [4.69, 9.17) is 16.7 Å². The zero-order valence-electron chi connectivity index (χ0n) is 8.51. The first-order valence-electron chi connectivity index (χ1n) is 4.35. The van der Waals surface area contributed by atoms with Crippen LogP contribution in [-0.4, -0.2) is 34.0 Å². The number of rotatable bonds is 4. The van der Waals surface area contributed by atoms with Crippen molar-refractivity contribution in [3.8, 4) is 0 Å². The predicted octanol–water partition coefficient (Wildman–Crippen LogP) is 1.56. The van der Waals surface area contributed by atoms with Gasteiger partial charge in [-0.2, -0.15) is 0 Å². The van der Waals surface area contributed by atoms with Crippen LogP contribution in [0.15, 0.2) is 18.7 Å². The molecule has 0 aromatic carbocycles. The van der Waals surface area contributed by atoms with Crippen molar-refractivity contribution >= 4 is 29.5 Å². The molecule has 0 aliphatic heterocycles. The number of carbonyl (C=O) groups excluding carboxylic acids is 1. The number of carboxylic acid groups (broad SMARTS) is 1. The number of aromatic carboxylic acids is 1. The molecule has 0 radical (unpaired) electrons. The fourth-order valence-electron chi connectivity index (χ4n) is 0.891. The number of aromatic nitrogens is 2. The Labute approximate surface area is 101 Å². The second-order valence-electron chi connectivity index (χ2n) is 2.75. The van der Waals surface area contributed by atoms with Crippen molar-refractivity contribution in [2.75, 3.05) is 11.9 Å². The van der Waals surface area contributed by atoms with Crippen LogP contribution in [0.1, 0.15) is 10.4 Å². The number of nitrogens with zero attached hydrogens (tertiary/aromatic N) is 2. The van der Waals surface area contributed by atoms with Crippen LogP contribution in [0.2, 0.25) is 5.15 Å². The highest BCUT2D eigenvalue weighted by molar-refractivity contribution is 6.29. The second kappa shape index (κ2) is 5.80. The summed E-state index contributed by atoms with van der Waals surface area (Å²) in [4.78, 5) is 22.0. The third-order valence-corrected chi connectivity index (χ3v) is 1.73. The maximum absolute atomic E-state index is 11.2. The van der Waals surface area contributed by atoms with Crippen LogP contribution < -0.4 is 5.32 Å². The van der Waals surface area contributed by atoms with E-state index in [1.54, 1.807) is 0 Å². The molecule has 1 aromatic rings. The summed E-state index contributed by atoms with van der Waals surface area (Å²) >= 11 is 5.49. The highest BCUT2D eigenvalue weighted by Crippen LogP contribution is 2.15. The molecule has 1 amide bonds. The molecule has 1 rings (SSSR count). The average molecular weight is 258 g/mol.